The monoisotopic (exact) mass is 246 g/mol. The molecule has 1 rings (SSSR count). The highest BCUT2D eigenvalue weighted by Crippen LogP contribution is 2.25. The summed E-state index contributed by atoms with van der Waals surface area (Å²) in [4.78, 5) is -0.126. The molecule has 0 aromatic heterocycles. The van der Waals surface area contributed by atoms with Crippen LogP contribution in [0.2, 0.25) is 0 Å². The quantitative estimate of drug-likeness (QED) is 0.885. The molecule has 1 N–H and O–H groups in total. The summed E-state index contributed by atoms with van der Waals surface area (Å²) in [5.74, 6) is -0.642. The van der Waals surface area contributed by atoms with Crippen LogP contribution in [0.25, 0.3) is 0 Å². The van der Waals surface area contributed by atoms with Crippen molar-refractivity contribution in [1.82, 2.24) is 0 Å². The van der Waals surface area contributed by atoms with E-state index in [0.717, 1.165) is 6.26 Å². The fourth-order valence-corrected chi connectivity index (χ4v) is 2.41. The highest BCUT2D eigenvalue weighted by molar-refractivity contribution is 7.90. The molecule has 0 aliphatic heterocycles. The zero-order valence-electron chi connectivity index (χ0n) is 9.49. The van der Waals surface area contributed by atoms with E-state index in [4.69, 9.17) is 5.11 Å². The lowest BCUT2D eigenvalue weighted by molar-refractivity contribution is 0.272. The molecule has 0 unspecified atom stereocenters. The first-order chi connectivity index (χ1) is 7.27. The van der Waals surface area contributed by atoms with Crippen LogP contribution >= 0.6 is 0 Å². The Hall–Kier alpha value is -0.940. The van der Waals surface area contributed by atoms with Crippen molar-refractivity contribution in [3.8, 4) is 0 Å². The Morgan fingerprint density at radius 2 is 1.94 bits per heavy atom. The molecule has 0 atom stereocenters. The molecule has 0 heterocycles. The maximum atomic E-state index is 13.6. The van der Waals surface area contributed by atoms with Crippen LogP contribution in [-0.2, 0) is 16.4 Å². The van der Waals surface area contributed by atoms with Crippen LogP contribution in [0, 0.1) is 5.82 Å². The predicted octanol–water partition coefficient (Wildman–Crippen LogP) is 1.84. The van der Waals surface area contributed by atoms with Gasteiger partial charge >= 0.3 is 0 Å². The van der Waals surface area contributed by atoms with Gasteiger partial charge in [0.05, 0.1) is 11.5 Å². The number of sulfone groups is 1. The molecule has 0 amide bonds. The number of hydrogen-bond acceptors (Lipinski definition) is 3. The summed E-state index contributed by atoms with van der Waals surface area (Å²) in [6, 6.07) is 2.69. The molecule has 0 aliphatic carbocycles. The van der Waals surface area contributed by atoms with Gasteiger partial charge in [0.25, 0.3) is 0 Å². The molecule has 0 saturated heterocycles. The van der Waals surface area contributed by atoms with Gasteiger partial charge in [0.2, 0.25) is 0 Å². The Balaban J connectivity index is 3.56. The van der Waals surface area contributed by atoms with Crippen molar-refractivity contribution in [2.75, 3.05) is 6.26 Å². The third kappa shape index (κ3) is 2.59. The molecule has 0 fully saturated rings. The lowest BCUT2D eigenvalue weighted by Crippen LogP contribution is -2.07. The molecule has 90 valence electrons. The number of hydrogen-bond donors (Lipinski definition) is 1. The van der Waals surface area contributed by atoms with Crippen molar-refractivity contribution in [2.45, 2.75) is 31.3 Å². The largest absolute Gasteiger partial charge is 0.392 e. The number of rotatable bonds is 3. The molecule has 3 nitrogen and oxygen atoms in total. The van der Waals surface area contributed by atoms with Crippen LogP contribution in [0.15, 0.2) is 17.0 Å². The minimum Gasteiger partial charge on any atom is -0.392 e. The average molecular weight is 246 g/mol. The van der Waals surface area contributed by atoms with Gasteiger partial charge in [0.1, 0.15) is 5.82 Å². The smallest absolute Gasteiger partial charge is 0.175 e. The van der Waals surface area contributed by atoms with Crippen molar-refractivity contribution in [1.29, 1.82) is 0 Å². The summed E-state index contributed by atoms with van der Waals surface area (Å²) in [7, 11) is -3.52. The van der Waals surface area contributed by atoms with Crippen LogP contribution in [0.1, 0.15) is 30.9 Å². The molecule has 0 bridgehead atoms. The minimum absolute atomic E-state index is 0.0303. The van der Waals surface area contributed by atoms with Crippen LogP contribution in [-0.4, -0.2) is 19.8 Å². The summed E-state index contributed by atoms with van der Waals surface area (Å²) in [5, 5.41) is 8.99. The fraction of sp³-hybridized carbons (Fsp3) is 0.455. The first kappa shape index (κ1) is 13.1. The molecule has 5 heteroatoms. The molecule has 0 aliphatic rings. The predicted molar refractivity (Wildman–Crippen MR) is 59.5 cm³/mol. The maximum Gasteiger partial charge on any atom is 0.175 e. The van der Waals surface area contributed by atoms with Crippen LogP contribution in [0.4, 0.5) is 4.39 Å². The fourth-order valence-electron chi connectivity index (χ4n) is 1.45. The third-order valence-electron chi connectivity index (χ3n) is 2.40. The Morgan fingerprint density at radius 1 is 1.38 bits per heavy atom. The van der Waals surface area contributed by atoms with E-state index in [9.17, 15) is 12.8 Å². The highest BCUT2D eigenvalue weighted by Gasteiger charge is 2.18. The lowest BCUT2D eigenvalue weighted by atomic mass is 10.0. The van der Waals surface area contributed by atoms with E-state index in [1.165, 1.54) is 12.1 Å². The zero-order valence-corrected chi connectivity index (χ0v) is 10.3. The molecular formula is C11H15FO3S. The van der Waals surface area contributed by atoms with Gasteiger partial charge < -0.3 is 5.11 Å². The Bertz CT molecular complexity index is 492. The number of aliphatic hydroxyl groups excluding tert-OH is 1. The first-order valence-corrected chi connectivity index (χ1v) is 6.79. The van der Waals surface area contributed by atoms with Gasteiger partial charge in [-0.25, -0.2) is 12.8 Å². The van der Waals surface area contributed by atoms with Gasteiger partial charge in [-0.1, -0.05) is 13.8 Å². The van der Waals surface area contributed by atoms with Crippen LogP contribution in [0.3, 0.4) is 0 Å². The second kappa shape index (κ2) is 4.51. The van der Waals surface area contributed by atoms with Crippen molar-refractivity contribution < 1.29 is 17.9 Å². The summed E-state index contributed by atoms with van der Waals surface area (Å²) in [5.41, 5.74) is 0.446. The number of benzene rings is 1. The van der Waals surface area contributed by atoms with E-state index >= 15 is 0 Å². The topological polar surface area (TPSA) is 54.4 Å². The summed E-state index contributed by atoms with van der Waals surface area (Å²) >= 11 is 0. The second-order valence-electron chi connectivity index (χ2n) is 4.06. The lowest BCUT2D eigenvalue weighted by Gasteiger charge is -2.12. The molecule has 0 saturated carbocycles. The molecule has 16 heavy (non-hydrogen) atoms. The van der Waals surface area contributed by atoms with Gasteiger partial charge in [0, 0.05) is 11.8 Å². The van der Waals surface area contributed by atoms with E-state index in [2.05, 4.69) is 0 Å². The SMILES string of the molecule is CC(C)c1cc(F)c(CO)c(S(C)(=O)=O)c1. The molecule has 0 radical (unpaired) electrons. The van der Waals surface area contributed by atoms with Gasteiger partial charge in [0.15, 0.2) is 9.84 Å². The van der Waals surface area contributed by atoms with Crippen molar-refractivity contribution in [3.05, 3.63) is 29.1 Å². The summed E-state index contributed by atoms with van der Waals surface area (Å²) < 4.78 is 36.5. The van der Waals surface area contributed by atoms with Gasteiger partial charge in [-0.2, -0.15) is 0 Å². The van der Waals surface area contributed by atoms with Gasteiger partial charge in [-0.15, -0.1) is 0 Å². The third-order valence-corrected chi connectivity index (χ3v) is 3.56. The molecule has 1 aromatic carbocycles. The Morgan fingerprint density at radius 3 is 2.31 bits per heavy atom. The maximum absolute atomic E-state index is 13.6. The summed E-state index contributed by atoms with van der Waals surface area (Å²) in [6.07, 6.45) is 1.00. The number of aliphatic hydroxyl groups is 1. The molecule has 1 aromatic rings. The Kier molecular flexibility index (Phi) is 3.70. The van der Waals surface area contributed by atoms with Crippen LogP contribution < -0.4 is 0 Å². The highest BCUT2D eigenvalue weighted by atomic mass is 32.2. The van der Waals surface area contributed by atoms with Gasteiger partial charge in [-0.3, -0.25) is 0 Å². The standard InChI is InChI=1S/C11H15FO3S/c1-7(2)8-4-10(12)9(6-13)11(5-8)16(3,14)15/h4-5,7,13H,6H2,1-3H3. The Labute approximate surface area is 94.8 Å². The first-order valence-electron chi connectivity index (χ1n) is 4.90. The van der Waals surface area contributed by atoms with E-state index in [1.807, 2.05) is 13.8 Å². The van der Waals surface area contributed by atoms with E-state index in [-0.39, 0.29) is 16.4 Å². The average Bonchev–Trinajstić information content (AvgIpc) is 2.14. The van der Waals surface area contributed by atoms with Crippen molar-refractivity contribution in [2.24, 2.45) is 0 Å². The minimum atomic E-state index is -3.52. The van der Waals surface area contributed by atoms with Crippen molar-refractivity contribution in [3.63, 3.8) is 0 Å². The van der Waals surface area contributed by atoms with Crippen molar-refractivity contribution >= 4 is 9.84 Å². The summed E-state index contributed by atoms with van der Waals surface area (Å²) in [6.45, 7) is 3.07. The normalized spacial score (nSPS) is 12.1. The van der Waals surface area contributed by atoms with E-state index < -0.39 is 22.3 Å². The zero-order chi connectivity index (χ0) is 12.5. The molecule has 0 spiro atoms. The van der Waals surface area contributed by atoms with Gasteiger partial charge in [-0.05, 0) is 23.6 Å². The van der Waals surface area contributed by atoms with Crippen LogP contribution in [0.5, 0.6) is 0 Å². The van der Waals surface area contributed by atoms with E-state index in [0.29, 0.717) is 5.56 Å². The van der Waals surface area contributed by atoms with E-state index in [1.54, 1.807) is 0 Å². The second-order valence-corrected chi connectivity index (χ2v) is 6.05. The number of halogens is 1. The molecular weight excluding hydrogens is 231 g/mol.